The Bertz CT molecular complexity index is 683. The lowest BCUT2D eigenvalue weighted by atomic mass is 9.84. The Kier molecular flexibility index (Phi) is 7.95. The Balaban J connectivity index is 2.03. The summed E-state index contributed by atoms with van der Waals surface area (Å²) in [6.45, 7) is 14.5. The molecule has 1 saturated carbocycles. The maximum atomic E-state index is 13.2. The average molecular weight is 404 g/mol. The van der Waals surface area contributed by atoms with Crippen LogP contribution in [0.25, 0.3) is 0 Å². The zero-order valence-corrected chi connectivity index (χ0v) is 19.6. The van der Waals surface area contributed by atoms with Crippen molar-refractivity contribution in [3.05, 3.63) is 24.0 Å². The number of carbonyl (C=O) groups is 2. The molecule has 0 spiro atoms. The van der Waals surface area contributed by atoms with Crippen LogP contribution in [0.2, 0.25) is 0 Å². The first-order chi connectivity index (χ1) is 13.5. The monoisotopic (exact) mass is 403 g/mol. The topological polar surface area (TPSA) is 45.6 Å². The van der Waals surface area contributed by atoms with Crippen LogP contribution < -0.4 is 0 Å². The fourth-order valence-electron chi connectivity index (χ4n) is 4.14. The van der Waals surface area contributed by atoms with Gasteiger partial charge in [0.2, 0.25) is 11.8 Å². The van der Waals surface area contributed by atoms with E-state index in [1.807, 2.05) is 29.1 Å². The third kappa shape index (κ3) is 7.87. The van der Waals surface area contributed by atoms with Crippen LogP contribution in [0.15, 0.2) is 18.3 Å². The van der Waals surface area contributed by atoms with Crippen molar-refractivity contribution in [1.29, 1.82) is 0 Å². The predicted octanol–water partition coefficient (Wildman–Crippen LogP) is 4.46. The molecule has 164 valence electrons. The van der Waals surface area contributed by atoms with Crippen molar-refractivity contribution in [2.45, 2.75) is 79.8 Å². The predicted molar refractivity (Wildman–Crippen MR) is 118 cm³/mol. The van der Waals surface area contributed by atoms with E-state index in [4.69, 9.17) is 0 Å². The first-order valence-corrected chi connectivity index (χ1v) is 11.1. The average Bonchev–Trinajstić information content (AvgIpc) is 3.32. The van der Waals surface area contributed by atoms with Crippen molar-refractivity contribution in [3.63, 3.8) is 0 Å². The highest BCUT2D eigenvalue weighted by atomic mass is 16.2. The Hall–Kier alpha value is -1.78. The summed E-state index contributed by atoms with van der Waals surface area (Å²) in [4.78, 5) is 30.0. The van der Waals surface area contributed by atoms with Gasteiger partial charge in [-0.15, -0.1) is 0 Å². The van der Waals surface area contributed by atoms with E-state index in [1.165, 1.54) is 0 Å². The molecular formula is C24H41N3O2. The molecule has 5 heteroatoms. The molecule has 1 aromatic heterocycles. The maximum absolute atomic E-state index is 13.2. The van der Waals surface area contributed by atoms with Crippen molar-refractivity contribution in [3.8, 4) is 0 Å². The highest BCUT2D eigenvalue weighted by molar-refractivity contribution is 5.85. The van der Waals surface area contributed by atoms with E-state index >= 15 is 0 Å². The molecule has 1 heterocycles. The molecule has 0 N–H and O–H groups in total. The van der Waals surface area contributed by atoms with Crippen molar-refractivity contribution in [1.82, 2.24) is 14.4 Å². The third-order valence-electron chi connectivity index (χ3n) is 5.44. The highest BCUT2D eigenvalue weighted by Crippen LogP contribution is 2.30. The molecule has 0 radical (unpaired) electrons. The van der Waals surface area contributed by atoms with Crippen LogP contribution in [0, 0.1) is 17.3 Å². The summed E-state index contributed by atoms with van der Waals surface area (Å²) in [6, 6.07) is 4.31. The van der Waals surface area contributed by atoms with Gasteiger partial charge in [0, 0.05) is 37.9 Å². The second kappa shape index (κ2) is 9.82. The van der Waals surface area contributed by atoms with E-state index in [1.54, 1.807) is 0 Å². The summed E-state index contributed by atoms with van der Waals surface area (Å²) in [7, 11) is 2.00. The third-order valence-corrected chi connectivity index (χ3v) is 5.44. The quantitative estimate of drug-likeness (QED) is 0.579. The second-order valence-electron chi connectivity index (χ2n) is 10.6. The SMILES string of the molecule is CC(C)CN(Cc1cccn1C)C(=O)CN(C(=O)C[C@@H](C)CC(C)(C)C)C1CC1. The van der Waals surface area contributed by atoms with Crippen LogP contribution in [-0.2, 0) is 23.2 Å². The first-order valence-electron chi connectivity index (χ1n) is 11.1. The van der Waals surface area contributed by atoms with Crippen LogP contribution in [0.1, 0.15) is 72.9 Å². The molecule has 0 unspecified atom stereocenters. The summed E-state index contributed by atoms with van der Waals surface area (Å²) in [5.41, 5.74) is 1.32. The van der Waals surface area contributed by atoms with Gasteiger partial charge >= 0.3 is 0 Å². The molecule has 29 heavy (non-hydrogen) atoms. The number of nitrogens with zero attached hydrogens (tertiary/aromatic N) is 3. The minimum absolute atomic E-state index is 0.0589. The standard InChI is InChI=1S/C24H41N3O2/c1-18(2)15-26(16-21-9-8-12-25(21)7)23(29)17-27(20-10-11-20)22(28)13-19(3)14-24(4,5)6/h8-9,12,18-20H,10-11,13-17H2,1-7H3/t19-/m1/s1. The van der Waals surface area contributed by atoms with E-state index in [2.05, 4.69) is 52.2 Å². The lowest BCUT2D eigenvalue weighted by Gasteiger charge is -2.30. The summed E-state index contributed by atoms with van der Waals surface area (Å²) in [6.07, 6.45) is 5.59. The molecule has 2 rings (SSSR count). The smallest absolute Gasteiger partial charge is 0.242 e. The van der Waals surface area contributed by atoms with Crippen LogP contribution in [0.5, 0.6) is 0 Å². The van der Waals surface area contributed by atoms with E-state index in [9.17, 15) is 9.59 Å². The van der Waals surface area contributed by atoms with Gasteiger partial charge in [0.25, 0.3) is 0 Å². The van der Waals surface area contributed by atoms with Crippen LogP contribution in [-0.4, -0.2) is 45.3 Å². The van der Waals surface area contributed by atoms with Crippen molar-refractivity contribution in [2.24, 2.45) is 24.3 Å². The van der Waals surface area contributed by atoms with Gasteiger partial charge in [-0.25, -0.2) is 0 Å². The highest BCUT2D eigenvalue weighted by Gasteiger charge is 2.35. The van der Waals surface area contributed by atoms with Gasteiger partial charge in [0.15, 0.2) is 0 Å². The van der Waals surface area contributed by atoms with Gasteiger partial charge in [-0.3, -0.25) is 9.59 Å². The Labute approximate surface area is 177 Å². The first kappa shape index (κ1) is 23.5. The van der Waals surface area contributed by atoms with Gasteiger partial charge in [-0.05, 0) is 48.6 Å². The van der Waals surface area contributed by atoms with Crippen LogP contribution in [0.4, 0.5) is 0 Å². The number of carbonyl (C=O) groups excluding carboxylic acids is 2. The van der Waals surface area contributed by atoms with E-state index in [0.29, 0.717) is 31.3 Å². The number of rotatable bonds is 10. The molecular weight excluding hydrogens is 362 g/mol. The zero-order chi connectivity index (χ0) is 21.8. The van der Waals surface area contributed by atoms with Crippen molar-refractivity contribution in [2.75, 3.05) is 13.1 Å². The van der Waals surface area contributed by atoms with Crippen molar-refractivity contribution < 1.29 is 9.59 Å². The summed E-state index contributed by atoms with van der Waals surface area (Å²) < 4.78 is 2.05. The number of hydrogen-bond donors (Lipinski definition) is 0. The minimum Gasteiger partial charge on any atom is -0.353 e. The van der Waals surface area contributed by atoms with Gasteiger partial charge in [-0.1, -0.05) is 41.5 Å². The van der Waals surface area contributed by atoms with Gasteiger partial charge in [-0.2, -0.15) is 0 Å². The molecule has 1 atom stereocenters. The molecule has 0 aliphatic heterocycles. The lowest BCUT2D eigenvalue weighted by Crippen LogP contribution is -2.45. The van der Waals surface area contributed by atoms with Gasteiger partial charge < -0.3 is 14.4 Å². The van der Waals surface area contributed by atoms with Crippen molar-refractivity contribution >= 4 is 11.8 Å². The second-order valence-corrected chi connectivity index (χ2v) is 10.6. The largest absolute Gasteiger partial charge is 0.353 e. The number of aromatic nitrogens is 1. The molecule has 0 aromatic carbocycles. The summed E-state index contributed by atoms with van der Waals surface area (Å²) in [5, 5.41) is 0. The van der Waals surface area contributed by atoms with Gasteiger partial charge in [0.05, 0.1) is 6.54 Å². The molecule has 1 aliphatic carbocycles. The summed E-state index contributed by atoms with van der Waals surface area (Å²) in [5.74, 6) is 0.912. The Morgan fingerprint density at radius 2 is 1.83 bits per heavy atom. The number of aryl methyl sites for hydroxylation is 1. The Morgan fingerprint density at radius 1 is 1.17 bits per heavy atom. The lowest BCUT2D eigenvalue weighted by molar-refractivity contribution is -0.142. The molecule has 1 aromatic rings. The molecule has 0 saturated heterocycles. The van der Waals surface area contributed by atoms with E-state index in [-0.39, 0.29) is 29.8 Å². The fourth-order valence-corrected chi connectivity index (χ4v) is 4.14. The fraction of sp³-hybridized carbons (Fsp3) is 0.750. The molecule has 0 bridgehead atoms. The number of amides is 2. The van der Waals surface area contributed by atoms with Crippen LogP contribution in [0.3, 0.4) is 0 Å². The minimum atomic E-state index is 0.0589. The van der Waals surface area contributed by atoms with Gasteiger partial charge in [0.1, 0.15) is 6.54 Å². The molecule has 1 aliphatic rings. The Morgan fingerprint density at radius 3 is 2.31 bits per heavy atom. The number of hydrogen-bond acceptors (Lipinski definition) is 2. The van der Waals surface area contributed by atoms with E-state index in [0.717, 1.165) is 25.0 Å². The molecule has 2 amide bonds. The molecule has 1 fully saturated rings. The van der Waals surface area contributed by atoms with E-state index < -0.39 is 0 Å². The van der Waals surface area contributed by atoms with Crippen LogP contribution >= 0.6 is 0 Å². The summed E-state index contributed by atoms with van der Waals surface area (Å²) >= 11 is 0. The zero-order valence-electron chi connectivity index (χ0n) is 19.6. The normalized spacial score (nSPS) is 15.4. The molecule has 5 nitrogen and oxygen atoms in total. The maximum Gasteiger partial charge on any atom is 0.242 e.